The van der Waals surface area contributed by atoms with E-state index in [1.165, 1.54) is 12.1 Å². The number of nitrogens with zero attached hydrogens (tertiary/aromatic N) is 2. The number of ether oxygens (including phenoxy) is 1. The minimum absolute atomic E-state index is 0.271. The number of fused-ring (bicyclic) bond motifs is 1. The maximum absolute atomic E-state index is 13.4. The van der Waals surface area contributed by atoms with Gasteiger partial charge in [-0.1, -0.05) is 18.2 Å². The zero-order valence-electron chi connectivity index (χ0n) is 14.4. The van der Waals surface area contributed by atoms with Crippen LogP contribution in [0.25, 0.3) is 0 Å². The molecular formula is C20H21FN2OS. The Bertz CT molecular complexity index is 800. The smallest absolute Gasteiger partial charge is 0.127 e. The number of rotatable bonds is 5. The van der Waals surface area contributed by atoms with Crippen LogP contribution in [0.3, 0.4) is 0 Å². The van der Waals surface area contributed by atoms with Crippen LogP contribution in [0.2, 0.25) is 0 Å². The second-order valence-corrected chi connectivity index (χ2v) is 7.09. The Morgan fingerprint density at radius 3 is 2.60 bits per heavy atom. The number of hydrogen-bond acceptors (Lipinski definition) is 4. The topological polar surface area (TPSA) is 36.3 Å². The van der Waals surface area contributed by atoms with E-state index >= 15 is 0 Å². The average molecular weight is 356 g/mol. The first-order valence-corrected chi connectivity index (χ1v) is 8.79. The van der Waals surface area contributed by atoms with Gasteiger partial charge in [0.25, 0.3) is 0 Å². The summed E-state index contributed by atoms with van der Waals surface area (Å²) in [5.74, 6) is -0.271. The molecule has 0 bridgehead atoms. The van der Waals surface area contributed by atoms with Gasteiger partial charge >= 0.3 is 0 Å². The van der Waals surface area contributed by atoms with Gasteiger partial charge in [0.05, 0.1) is 11.6 Å². The highest BCUT2D eigenvalue weighted by atomic mass is 32.1. The van der Waals surface area contributed by atoms with Crippen molar-refractivity contribution in [1.29, 1.82) is 5.26 Å². The van der Waals surface area contributed by atoms with Crippen LogP contribution in [0, 0.1) is 17.1 Å². The molecular weight excluding hydrogens is 335 g/mol. The second-order valence-electron chi connectivity index (χ2n) is 6.62. The highest BCUT2D eigenvalue weighted by Crippen LogP contribution is 2.51. The Morgan fingerprint density at radius 2 is 1.96 bits per heavy atom. The summed E-state index contributed by atoms with van der Waals surface area (Å²) in [4.78, 5) is 2.13. The maximum Gasteiger partial charge on any atom is 0.127 e. The van der Waals surface area contributed by atoms with Crippen molar-refractivity contribution in [2.24, 2.45) is 0 Å². The number of halogens is 1. The lowest BCUT2D eigenvalue weighted by atomic mass is 9.81. The molecule has 3 rings (SSSR count). The Kier molecular flexibility index (Phi) is 5.14. The summed E-state index contributed by atoms with van der Waals surface area (Å²) >= 11 is 4.59. The molecule has 0 spiro atoms. The van der Waals surface area contributed by atoms with E-state index in [0.29, 0.717) is 5.56 Å². The van der Waals surface area contributed by atoms with E-state index in [4.69, 9.17) is 4.74 Å². The molecule has 0 N–H and O–H groups in total. The van der Waals surface area contributed by atoms with Crippen LogP contribution in [-0.4, -0.2) is 25.5 Å². The number of hydrogen-bond donors (Lipinski definition) is 1. The zero-order chi connectivity index (χ0) is 18.0. The molecule has 0 radical (unpaired) electrons. The van der Waals surface area contributed by atoms with Crippen molar-refractivity contribution in [2.75, 3.05) is 20.6 Å². The van der Waals surface area contributed by atoms with Gasteiger partial charge in [0.15, 0.2) is 0 Å². The van der Waals surface area contributed by atoms with E-state index < -0.39 is 11.0 Å². The number of benzene rings is 2. The second kappa shape index (κ2) is 7.17. The molecule has 0 aromatic heterocycles. The van der Waals surface area contributed by atoms with Gasteiger partial charge in [-0.25, -0.2) is 4.39 Å². The fraction of sp³-hybridized carbons (Fsp3) is 0.350. The molecule has 0 saturated heterocycles. The normalized spacial score (nSPS) is 22.0. The standard InChI is InChI=1S/C20H21FN2OS/c1-23(2)11-3-10-20(15-5-7-16(21)8-6-15)18-9-4-14(13-22)12-17(18)19(25)24-20/h4-9,12,19,25H,3,10-11H2,1-2H3. The fourth-order valence-electron chi connectivity index (χ4n) is 3.45. The average Bonchev–Trinajstić information content (AvgIpc) is 2.88. The first-order valence-electron chi connectivity index (χ1n) is 8.27. The van der Waals surface area contributed by atoms with Gasteiger partial charge < -0.3 is 9.64 Å². The Balaban J connectivity index is 2.07. The van der Waals surface area contributed by atoms with Gasteiger partial charge in [0.2, 0.25) is 0 Å². The first-order chi connectivity index (χ1) is 12.0. The summed E-state index contributed by atoms with van der Waals surface area (Å²) in [6.45, 7) is 0.926. The van der Waals surface area contributed by atoms with Crippen molar-refractivity contribution in [2.45, 2.75) is 23.9 Å². The minimum atomic E-state index is -0.667. The number of nitriles is 1. The molecule has 2 aromatic rings. The van der Waals surface area contributed by atoms with Crippen LogP contribution >= 0.6 is 12.6 Å². The van der Waals surface area contributed by atoms with Gasteiger partial charge in [-0.15, -0.1) is 12.6 Å². The molecule has 0 fully saturated rings. The van der Waals surface area contributed by atoms with Crippen LogP contribution < -0.4 is 0 Å². The minimum Gasteiger partial charge on any atom is -0.347 e. The van der Waals surface area contributed by atoms with E-state index in [0.717, 1.165) is 36.1 Å². The molecule has 2 aromatic carbocycles. The monoisotopic (exact) mass is 356 g/mol. The van der Waals surface area contributed by atoms with E-state index in [1.807, 2.05) is 26.2 Å². The van der Waals surface area contributed by atoms with Crippen molar-refractivity contribution in [3.8, 4) is 6.07 Å². The van der Waals surface area contributed by atoms with E-state index in [1.54, 1.807) is 18.2 Å². The Labute approximate surface area is 153 Å². The summed E-state index contributed by atoms with van der Waals surface area (Å²) in [6.07, 6.45) is 1.68. The van der Waals surface area contributed by atoms with Crippen LogP contribution in [-0.2, 0) is 10.3 Å². The van der Waals surface area contributed by atoms with E-state index in [2.05, 4.69) is 23.6 Å². The predicted molar refractivity (Wildman–Crippen MR) is 98.9 cm³/mol. The molecule has 1 aliphatic rings. The van der Waals surface area contributed by atoms with E-state index in [9.17, 15) is 9.65 Å². The summed E-state index contributed by atoms with van der Waals surface area (Å²) in [7, 11) is 4.07. The molecule has 1 heterocycles. The largest absolute Gasteiger partial charge is 0.347 e. The molecule has 5 heteroatoms. The van der Waals surface area contributed by atoms with Crippen molar-refractivity contribution in [3.05, 3.63) is 70.5 Å². The Hall–Kier alpha value is -1.87. The van der Waals surface area contributed by atoms with Crippen molar-refractivity contribution >= 4 is 12.6 Å². The first kappa shape index (κ1) is 17.9. The zero-order valence-corrected chi connectivity index (χ0v) is 15.3. The van der Waals surface area contributed by atoms with Gasteiger partial charge in [0, 0.05) is 0 Å². The summed E-state index contributed by atoms with van der Waals surface area (Å²) in [5, 5.41) is 9.17. The fourth-order valence-corrected chi connectivity index (χ4v) is 3.84. The SMILES string of the molecule is CN(C)CCCC1(c2ccc(F)cc2)OC(S)c2cc(C#N)ccc21. The molecule has 0 aliphatic carbocycles. The van der Waals surface area contributed by atoms with Crippen molar-refractivity contribution < 1.29 is 9.13 Å². The van der Waals surface area contributed by atoms with Gasteiger partial charge in [-0.05, 0) is 74.4 Å². The highest BCUT2D eigenvalue weighted by molar-refractivity contribution is 7.80. The van der Waals surface area contributed by atoms with Crippen molar-refractivity contribution in [1.82, 2.24) is 4.90 Å². The Morgan fingerprint density at radius 1 is 1.24 bits per heavy atom. The quantitative estimate of drug-likeness (QED) is 0.814. The van der Waals surface area contributed by atoms with Gasteiger partial charge in [0.1, 0.15) is 16.9 Å². The molecule has 2 unspecified atom stereocenters. The summed E-state index contributed by atoms with van der Waals surface area (Å²) in [6, 6.07) is 14.2. The van der Waals surface area contributed by atoms with Crippen LogP contribution in [0.1, 0.15) is 40.5 Å². The van der Waals surface area contributed by atoms with Gasteiger partial charge in [-0.2, -0.15) is 5.26 Å². The maximum atomic E-state index is 13.4. The lowest BCUT2D eigenvalue weighted by molar-refractivity contribution is -0.0177. The molecule has 0 amide bonds. The molecule has 130 valence electrons. The molecule has 3 nitrogen and oxygen atoms in total. The third kappa shape index (κ3) is 3.43. The highest BCUT2D eigenvalue weighted by Gasteiger charge is 2.45. The molecule has 25 heavy (non-hydrogen) atoms. The molecule has 0 saturated carbocycles. The van der Waals surface area contributed by atoms with Crippen LogP contribution in [0.5, 0.6) is 0 Å². The lowest BCUT2D eigenvalue weighted by Crippen LogP contribution is -2.29. The third-order valence-electron chi connectivity index (χ3n) is 4.64. The van der Waals surface area contributed by atoms with E-state index in [-0.39, 0.29) is 5.82 Å². The predicted octanol–water partition coefficient (Wildman–Crippen LogP) is 4.24. The van der Waals surface area contributed by atoms with Crippen LogP contribution in [0.15, 0.2) is 42.5 Å². The lowest BCUT2D eigenvalue weighted by Gasteiger charge is -2.31. The molecule has 2 atom stereocenters. The van der Waals surface area contributed by atoms with Gasteiger partial charge in [-0.3, -0.25) is 0 Å². The van der Waals surface area contributed by atoms with Crippen molar-refractivity contribution in [3.63, 3.8) is 0 Å². The number of thiol groups is 1. The summed E-state index contributed by atoms with van der Waals surface area (Å²) in [5.41, 5.74) is 2.35. The molecule has 1 aliphatic heterocycles. The van der Waals surface area contributed by atoms with Crippen LogP contribution in [0.4, 0.5) is 4.39 Å². The summed E-state index contributed by atoms with van der Waals surface area (Å²) < 4.78 is 19.8. The third-order valence-corrected chi connectivity index (χ3v) is 5.02.